The minimum absolute atomic E-state index is 0.0816. The zero-order chi connectivity index (χ0) is 13.2. The molecule has 0 saturated heterocycles. The van der Waals surface area contributed by atoms with E-state index in [9.17, 15) is 0 Å². The average Bonchev–Trinajstić information content (AvgIpc) is 2.86. The highest BCUT2D eigenvalue weighted by molar-refractivity contribution is 7.99. The van der Waals surface area contributed by atoms with Gasteiger partial charge in [-0.15, -0.1) is 0 Å². The van der Waals surface area contributed by atoms with Crippen molar-refractivity contribution in [2.45, 2.75) is 42.0 Å². The largest absolute Gasteiger partial charge is 0.324 e. The summed E-state index contributed by atoms with van der Waals surface area (Å²) < 4.78 is 0. The first-order valence-corrected chi connectivity index (χ1v) is 7.70. The van der Waals surface area contributed by atoms with E-state index in [4.69, 9.17) is 5.73 Å². The Morgan fingerprint density at radius 2 is 1.84 bits per heavy atom. The highest BCUT2D eigenvalue weighted by Crippen LogP contribution is 2.35. The summed E-state index contributed by atoms with van der Waals surface area (Å²) in [7, 11) is 0. The van der Waals surface area contributed by atoms with E-state index in [1.807, 2.05) is 18.7 Å². The van der Waals surface area contributed by atoms with Gasteiger partial charge < -0.3 is 5.73 Å². The molecule has 98 valence electrons. The summed E-state index contributed by atoms with van der Waals surface area (Å²) in [5.74, 6) is 0. The topological polar surface area (TPSA) is 26.0 Å². The Labute approximate surface area is 119 Å². The molecule has 2 aromatic carbocycles. The fourth-order valence-electron chi connectivity index (χ4n) is 2.69. The van der Waals surface area contributed by atoms with Crippen molar-refractivity contribution in [1.82, 2.24) is 0 Å². The molecule has 0 aliphatic heterocycles. The highest BCUT2D eigenvalue weighted by atomic mass is 32.2. The van der Waals surface area contributed by atoms with E-state index in [1.54, 1.807) is 0 Å². The second kappa shape index (κ2) is 5.40. The molecule has 1 aliphatic carbocycles. The summed E-state index contributed by atoms with van der Waals surface area (Å²) >= 11 is 1.83. The summed E-state index contributed by atoms with van der Waals surface area (Å²) in [5.41, 5.74) is 10.3. The van der Waals surface area contributed by atoms with Gasteiger partial charge in [0.15, 0.2) is 0 Å². The Morgan fingerprint density at radius 3 is 2.68 bits per heavy atom. The average molecular weight is 269 g/mol. The fourth-order valence-corrected chi connectivity index (χ4v) is 3.80. The standard InChI is InChI=1S/C17H19NS/c1-12(18)16-7-2-3-8-17(16)19-15-10-9-13-5-4-6-14(13)11-15/h2-3,7-12H,4-6,18H2,1H3/t12-/m1/s1. The van der Waals surface area contributed by atoms with Gasteiger partial charge in [-0.25, -0.2) is 0 Å². The normalized spacial score (nSPS) is 15.3. The van der Waals surface area contributed by atoms with Crippen LogP contribution in [0.15, 0.2) is 52.3 Å². The van der Waals surface area contributed by atoms with Crippen molar-refractivity contribution in [3.8, 4) is 0 Å². The van der Waals surface area contributed by atoms with Gasteiger partial charge in [-0.1, -0.05) is 36.0 Å². The molecule has 2 heteroatoms. The molecule has 0 radical (unpaired) electrons. The molecule has 1 aliphatic rings. The number of hydrogen-bond acceptors (Lipinski definition) is 2. The van der Waals surface area contributed by atoms with E-state index in [1.165, 1.54) is 45.7 Å². The van der Waals surface area contributed by atoms with Crippen molar-refractivity contribution in [2.75, 3.05) is 0 Å². The van der Waals surface area contributed by atoms with Crippen LogP contribution in [0, 0.1) is 0 Å². The van der Waals surface area contributed by atoms with Crippen molar-refractivity contribution in [3.63, 3.8) is 0 Å². The quantitative estimate of drug-likeness (QED) is 0.896. The van der Waals surface area contributed by atoms with Crippen molar-refractivity contribution in [1.29, 1.82) is 0 Å². The van der Waals surface area contributed by atoms with Crippen LogP contribution in [0.3, 0.4) is 0 Å². The summed E-state index contributed by atoms with van der Waals surface area (Å²) in [6.07, 6.45) is 3.79. The lowest BCUT2D eigenvalue weighted by Gasteiger charge is -2.12. The van der Waals surface area contributed by atoms with Gasteiger partial charge in [0.05, 0.1) is 0 Å². The third-order valence-electron chi connectivity index (χ3n) is 3.71. The summed E-state index contributed by atoms with van der Waals surface area (Å²) in [6.45, 7) is 2.04. The van der Waals surface area contributed by atoms with Gasteiger partial charge in [-0.3, -0.25) is 0 Å². The smallest absolute Gasteiger partial charge is 0.0277 e. The lowest BCUT2D eigenvalue weighted by Crippen LogP contribution is -2.05. The van der Waals surface area contributed by atoms with Gasteiger partial charge in [0.1, 0.15) is 0 Å². The van der Waals surface area contributed by atoms with Crippen LogP contribution < -0.4 is 5.73 Å². The first kappa shape index (κ1) is 12.8. The van der Waals surface area contributed by atoms with Crippen LogP contribution in [0.1, 0.15) is 36.1 Å². The minimum Gasteiger partial charge on any atom is -0.324 e. The second-order valence-corrected chi connectivity index (χ2v) is 6.33. The summed E-state index contributed by atoms with van der Waals surface area (Å²) in [5, 5.41) is 0. The number of rotatable bonds is 3. The van der Waals surface area contributed by atoms with E-state index >= 15 is 0 Å². The maximum atomic E-state index is 6.05. The van der Waals surface area contributed by atoms with E-state index in [2.05, 4.69) is 42.5 Å². The molecular weight excluding hydrogens is 250 g/mol. The van der Waals surface area contributed by atoms with Gasteiger partial charge in [-0.05, 0) is 61.1 Å². The molecule has 0 amide bonds. The van der Waals surface area contributed by atoms with Crippen LogP contribution in [0.4, 0.5) is 0 Å². The fraction of sp³-hybridized carbons (Fsp3) is 0.294. The second-order valence-electron chi connectivity index (χ2n) is 5.21. The van der Waals surface area contributed by atoms with Gasteiger partial charge in [0.25, 0.3) is 0 Å². The molecule has 0 fully saturated rings. The van der Waals surface area contributed by atoms with E-state index < -0.39 is 0 Å². The van der Waals surface area contributed by atoms with Crippen molar-refractivity contribution in [3.05, 3.63) is 59.2 Å². The van der Waals surface area contributed by atoms with Crippen LogP contribution in [0.25, 0.3) is 0 Å². The van der Waals surface area contributed by atoms with Crippen molar-refractivity contribution >= 4 is 11.8 Å². The number of aryl methyl sites for hydroxylation is 2. The molecule has 0 unspecified atom stereocenters. The predicted octanol–water partition coefficient (Wildman–Crippen LogP) is 4.35. The Kier molecular flexibility index (Phi) is 3.63. The Morgan fingerprint density at radius 1 is 1.05 bits per heavy atom. The maximum Gasteiger partial charge on any atom is 0.0277 e. The Balaban J connectivity index is 1.89. The Bertz CT molecular complexity index is 590. The zero-order valence-corrected chi connectivity index (χ0v) is 12.0. The van der Waals surface area contributed by atoms with Crippen molar-refractivity contribution in [2.24, 2.45) is 5.73 Å². The van der Waals surface area contributed by atoms with E-state index in [0.29, 0.717) is 0 Å². The molecular formula is C17H19NS. The predicted molar refractivity (Wildman–Crippen MR) is 81.6 cm³/mol. The highest BCUT2D eigenvalue weighted by Gasteiger charge is 2.12. The summed E-state index contributed by atoms with van der Waals surface area (Å²) in [4.78, 5) is 2.60. The molecule has 1 nitrogen and oxygen atoms in total. The maximum absolute atomic E-state index is 6.05. The van der Waals surface area contributed by atoms with Gasteiger partial charge in [0.2, 0.25) is 0 Å². The number of hydrogen-bond donors (Lipinski definition) is 1. The monoisotopic (exact) mass is 269 g/mol. The lowest BCUT2D eigenvalue weighted by molar-refractivity contribution is 0.797. The zero-order valence-electron chi connectivity index (χ0n) is 11.2. The number of fused-ring (bicyclic) bond motifs is 1. The molecule has 0 aromatic heterocycles. The lowest BCUT2D eigenvalue weighted by atomic mass is 10.1. The first-order valence-electron chi connectivity index (χ1n) is 6.88. The van der Waals surface area contributed by atoms with Crippen LogP contribution in [0.5, 0.6) is 0 Å². The Hall–Kier alpha value is -1.25. The SMILES string of the molecule is C[C@@H](N)c1ccccc1Sc1ccc2c(c1)CCC2. The van der Waals surface area contributed by atoms with Crippen LogP contribution in [-0.4, -0.2) is 0 Å². The number of benzene rings is 2. The molecule has 0 bridgehead atoms. The van der Waals surface area contributed by atoms with Gasteiger partial charge >= 0.3 is 0 Å². The van der Waals surface area contributed by atoms with E-state index in [0.717, 1.165) is 0 Å². The molecule has 19 heavy (non-hydrogen) atoms. The first-order chi connectivity index (χ1) is 9.24. The van der Waals surface area contributed by atoms with Gasteiger partial charge in [-0.2, -0.15) is 0 Å². The van der Waals surface area contributed by atoms with Gasteiger partial charge in [0, 0.05) is 15.8 Å². The third-order valence-corrected chi connectivity index (χ3v) is 4.79. The van der Waals surface area contributed by atoms with Crippen molar-refractivity contribution < 1.29 is 0 Å². The van der Waals surface area contributed by atoms with E-state index in [-0.39, 0.29) is 6.04 Å². The molecule has 3 rings (SSSR count). The van der Waals surface area contributed by atoms with Crippen LogP contribution >= 0.6 is 11.8 Å². The summed E-state index contributed by atoms with van der Waals surface area (Å²) in [6, 6.07) is 15.4. The van der Waals surface area contributed by atoms with Crippen LogP contribution in [0.2, 0.25) is 0 Å². The molecule has 0 saturated carbocycles. The minimum atomic E-state index is 0.0816. The molecule has 2 aromatic rings. The van der Waals surface area contributed by atoms with Crippen LogP contribution in [-0.2, 0) is 12.8 Å². The molecule has 2 N–H and O–H groups in total. The number of nitrogens with two attached hydrogens (primary N) is 1. The molecule has 1 atom stereocenters. The molecule has 0 heterocycles. The molecule has 0 spiro atoms. The third kappa shape index (κ3) is 2.70.